The molecule has 1 aromatic heterocycles. The number of benzene rings is 1. The van der Waals surface area contributed by atoms with Crippen LogP contribution >= 0.6 is 23.2 Å². The molecule has 0 aliphatic heterocycles. The predicted molar refractivity (Wildman–Crippen MR) is 78.2 cm³/mol. The lowest BCUT2D eigenvalue weighted by molar-refractivity contribution is 0.00664. The van der Waals surface area contributed by atoms with Crippen LogP contribution in [0.5, 0.6) is 0 Å². The van der Waals surface area contributed by atoms with Crippen LogP contribution in [0.4, 0.5) is 4.39 Å². The van der Waals surface area contributed by atoms with Crippen LogP contribution in [0.25, 0.3) is 11.0 Å². The van der Waals surface area contributed by atoms with Crippen LogP contribution in [0.2, 0.25) is 5.02 Å². The Labute approximate surface area is 126 Å². The minimum absolute atomic E-state index is 0.124. The number of alkyl halides is 1. The largest absolute Gasteiger partial charge is 0.381 e. The normalized spacial score (nSPS) is 22.2. The van der Waals surface area contributed by atoms with Gasteiger partial charge < -0.3 is 9.30 Å². The first-order chi connectivity index (χ1) is 9.63. The lowest BCUT2D eigenvalue weighted by Crippen LogP contribution is -2.33. The zero-order valence-corrected chi connectivity index (χ0v) is 12.6. The Morgan fingerprint density at radius 2 is 2.20 bits per heavy atom. The Morgan fingerprint density at radius 1 is 1.45 bits per heavy atom. The molecule has 0 atom stereocenters. The Balaban J connectivity index is 2.07. The van der Waals surface area contributed by atoms with Crippen molar-refractivity contribution in [3.63, 3.8) is 0 Å². The molecule has 0 radical (unpaired) electrons. The van der Waals surface area contributed by atoms with Gasteiger partial charge in [0.1, 0.15) is 11.6 Å². The van der Waals surface area contributed by atoms with Crippen LogP contribution in [0, 0.1) is 5.82 Å². The maximum atomic E-state index is 13.6. The number of rotatable bonds is 4. The maximum absolute atomic E-state index is 13.6. The molecule has 6 heteroatoms. The number of imidazole rings is 1. The fourth-order valence-corrected chi connectivity index (χ4v) is 3.08. The number of aromatic nitrogens is 2. The summed E-state index contributed by atoms with van der Waals surface area (Å²) in [6, 6.07) is 3.36. The van der Waals surface area contributed by atoms with E-state index in [0.29, 0.717) is 23.9 Å². The molecule has 1 aliphatic rings. The number of fused-ring (bicyclic) bond motifs is 1. The quantitative estimate of drug-likeness (QED) is 0.798. The van der Waals surface area contributed by atoms with Crippen molar-refractivity contribution in [1.82, 2.24) is 9.55 Å². The molecule has 3 nitrogen and oxygen atoms in total. The van der Waals surface area contributed by atoms with Gasteiger partial charge in [-0.2, -0.15) is 0 Å². The molecule has 1 saturated carbocycles. The first kappa shape index (κ1) is 14.1. The molecule has 0 saturated heterocycles. The van der Waals surface area contributed by atoms with Gasteiger partial charge in [-0.05, 0) is 18.9 Å². The molecule has 3 rings (SSSR count). The van der Waals surface area contributed by atoms with E-state index in [4.69, 9.17) is 27.9 Å². The highest BCUT2D eigenvalue weighted by Crippen LogP contribution is 2.38. The number of halogens is 3. The van der Waals surface area contributed by atoms with Crippen molar-refractivity contribution in [2.24, 2.45) is 0 Å². The second-order valence-corrected chi connectivity index (χ2v) is 5.86. The predicted octanol–water partition coefficient (Wildman–Crippen LogP) is 3.96. The van der Waals surface area contributed by atoms with Crippen molar-refractivity contribution < 1.29 is 9.13 Å². The van der Waals surface area contributed by atoms with Crippen molar-refractivity contribution in [3.05, 3.63) is 28.8 Å². The third kappa shape index (κ3) is 2.30. The zero-order chi connectivity index (χ0) is 14.3. The molecular weight excluding hydrogens is 302 g/mol. The number of nitrogens with zero attached hydrogens (tertiary/aromatic N) is 2. The second-order valence-electron chi connectivity index (χ2n) is 5.07. The van der Waals surface area contributed by atoms with Crippen LogP contribution in [-0.4, -0.2) is 28.6 Å². The van der Waals surface area contributed by atoms with Crippen molar-refractivity contribution in [2.45, 2.75) is 31.4 Å². The fraction of sp³-hybridized carbons (Fsp3) is 0.500. The summed E-state index contributed by atoms with van der Waals surface area (Å²) in [6.45, 7) is 0. The van der Waals surface area contributed by atoms with Crippen LogP contribution in [0.15, 0.2) is 12.1 Å². The number of ether oxygens (including phenoxy) is 1. The Bertz CT molecular complexity index is 638. The molecule has 0 amide bonds. The topological polar surface area (TPSA) is 27.1 Å². The molecule has 0 N–H and O–H groups in total. The highest BCUT2D eigenvalue weighted by molar-refractivity contribution is 6.31. The zero-order valence-electron chi connectivity index (χ0n) is 11.1. The van der Waals surface area contributed by atoms with E-state index in [0.717, 1.165) is 24.2 Å². The van der Waals surface area contributed by atoms with Gasteiger partial charge in [0.25, 0.3) is 0 Å². The molecule has 1 aliphatic carbocycles. The third-order valence-corrected chi connectivity index (χ3v) is 4.37. The van der Waals surface area contributed by atoms with Gasteiger partial charge in [-0.25, -0.2) is 9.37 Å². The number of hydrogen-bond acceptors (Lipinski definition) is 2. The van der Waals surface area contributed by atoms with E-state index in [1.54, 1.807) is 13.2 Å². The summed E-state index contributed by atoms with van der Waals surface area (Å²) >= 11 is 11.7. The van der Waals surface area contributed by atoms with E-state index in [9.17, 15) is 4.39 Å². The van der Waals surface area contributed by atoms with Crippen molar-refractivity contribution >= 4 is 34.2 Å². The van der Waals surface area contributed by atoms with E-state index in [-0.39, 0.29) is 11.1 Å². The van der Waals surface area contributed by atoms with Crippen LogP contribution < -0.4 is 0 Å². The third-order valence-electron chi connectivity index (χ3n) is 3.89. The first-order valence-corrected chi connectivity index (χ1v) is 7.50. The minimum Gasteiger partial charge on any atom is -0.381 e. The monoisotopic (exact) mass is 316 g/mol. The number of hydrogen-bond donors (Lipinski definition) is 0. The van der Waals surface area contributed by atoms with Crippen LogP contribution in [0.3, 0.4) is 0 Å². The number of aryl methyl sites for hydroxylation is 1. The molecule has 0 bridgehead atoms. The van der Waals surface area contributed by atoms with Gasteiger partial charge >= 0.3 is 0 Å². The SMILES string of the molecule is COC1CC(n2c(CCCl)nc3cc(F)c(Cl)cc32)C1. The lowest BCUT2D eigenvalue weighted by atomic mass is 9.88. The fourth-order valence-electron chi connectivity index (χ4n) is 2.75. The summed E-state index contributed by atoms with van der Waals surface area (Å²) in [4.78, 5) is 4.50. The minimum atomic E-state index is -0.440. The van der Waals surface area contributed by atoms with Crippen molar-refractivity contribution in [1.29, 1.82) is 0 Å². The Kier molecular flexibility index (Phi) is 3.89. The molecular formula is C14H15Cl2FN2O. The summed E-state index contributed by atoms with van der Waals surface area (Å²) in [6.07, 6.45) is 2.82. The van der Waals surface area contributed by atoms with Crippen molar-refractivity contribution in [2.75, 3.05) is 13.0 Å². The first-order valence-electron chi connectivity index (χ1n) is 6.58. The molecule has 20 heavy (non-hydrogen) atoms. The van der Waals surface area contributed by atoms with E-state index in [2.05, 4.69) is 9.55 Å². The van der Waals surface area contributed by atoms with Gasteiger partial charge in [0.05, 0.1) is 22.2 Å². The van der Waals surface area contributed by atoms with Gasteiger partial charge in [0, 0.05) is 31.5 Å². The van der Waals surface area contributed by atoms with Crippen LogP contribution in [-0.2, 0) is 11.2 Å². The molecule has 1 aromatic carbocycles. The van der Waals surface area contributed by atoms with Gasteiger partial charge in [-0.15, -0.1) is 11.6 Å². The number of methoxy groups -OCH3 is 1. The van der Waals surface area contributed by atoms with E-state index >= 15 is 0 Å². The molecule has 108 valence electrons. The smallest absolute Gasteiger partial charge is 0.144 e. The summed E-state index contributed by atoms with van der Waals surface area (Å²) in [7, 11) is 1.72. The molecule has 2 aromatic rings. The molecule has 1 heterocycles. The molecule has 1 fully saturated rings. The Hall–Kier alpha value is -0.840. The summed E-state index contributed by atoms with van der Waals surface area (Å²) in [5, 5.41) is 0.124. The van der Waals surface area contributed by atoms with Crippen LogP contribution in [0.1, 0.15) is 24.7 Å². The highest BCUT2D eigenvalue weighted by Gasteiger charge is 2.33. The lowest BCUT2D eigenvalue weighted by Gasteiger charge is -2.36. The maximum Gasteiger partial charge on any atom is 0.144 e. The van der Waals surface area contributed by atoms with E-state index in [1.807, 2.05) is 0 Å². The van der Waals surface area contributed by atoms with E-state index in [1.165, 1.54) is 6.07 Å². The Morgan fingerprint density at radius 3 is 2.85 bits per heavy atom. The molecule has 0 unspecified atom stereocenters. The summed E-state index contributed by atoms with van der Waals surface area (Å²) in [5.41, 5.74) is 1.50. The van der Waals surface area contributed by atoms with Crippen molar-refractivity contribution in [3.8, 4) is 0 Å². The highest BCUT2D eigenvalue weighted by atomic mass is 35.5. The summed E-state index contributed by atoms with van der Waals surface area (Å²) in [5.74, 6) is 0.931. The van der Waals surface area contributed by atoms with Gasteiger partial charge in [0.2, 0.25) is 0 Å². The average molecular weight is 317 g/mol. The van der Waals surface area contributed by atoms with Gasteiger partial charge in [-0.1, -0.05) is 11.6 Å². The average Bonchev–Trinajstić information content (AvgIpc) is 2.68. The van der Waals surface area contributed by atoms with E-state index < -0.39 is 5.82 Å². The molecule has 0 spiro atoms. The summed E-state index contributed by atoms with van der Waals surface area (Å²) < 4.78 is 21.0. The second kappa shape index (κ2) is 5.51. The van der Waals surface area contributed by atoms with Gasteiger partial charge in [-0.3, -0.25) is 0 Å². The standard InChI is InChI=1S/C14H15Cl2FN2O/c1-20-9-4-8(5-9)19-13-6-10(16)11(17)7-12(13)18-14(19)2-3-15/h6-9H,2-5H2,1H3. The van der Waals surface area contributed by atoms with Gasteiger partial charge in [0.15, 0.2) is 0 Å².